The van der Waals surface area contributed by atoms with E-state index in [9.17, 15) is 4.79 Å². The Hall–Kier alpha value is -1.32. The summed E-state index contributed by atoms with van der Waals surface area (Å²) in [5.74, 6) is 0.269. The molecule has 1 atom stereocenters. The molecule has 1 aromatic heterocycles. The largest absolute Gasteiger partial charge is 0.464 e. The van der Waals surface area contributed by atoms with Gasteiger partial charge in [-0.2, -0.15) is 0 Å². The molecular weight excluding hydrogens is 192 g/mol. The van der Waals surface area contributed by atoms with Crippen molar-refractivity contribution in [2.24, 2.45) is 5.92 Å². The molecule has 0 aliphatic carbocycles. The molecule has 0 N–H and O–H groups in total. The molecular formula is C11H18N2O2. The van der Waals surface area contributed by atoms with E-state index in [0.29, 0.717) is 12.5 Å². The fourth-order valence-corrected chi connectivity index (χ4v) is 1.48. The normalized spacial score (nSPS) is 12.8. The first-order valence-electron chi connectivity index (χ1n) is 5.29. The van der Waals surface area contributed by atoms with Crippen LogP contribution in [-0.2, 0) is 9.53 Å². The predicted octanol–water partition coefficient (Wildman–Crippen LogP) is 2.03. The zero-order valence-electron chi connectivity index (χ0n) is 9.51. The minimum atomic E-state index is -0.243. The summed E-state index contributed by atoms with van der Waals surface area (Å²) in [4.78, 5) is 15.7. The highest BCUT2D eigenvalue weighted by molar-refractivity contribution is 5.74. The maximum Gasteiger partial charge on any atom is 0.329 e. The molecule has 0 saturated carbocycles. The van der Waals surface area contributed by atoms with Crippen molar-refractivity contribution in [2.75, 3.05) is 6.61 Å². The monoisotopic (exact) mass is 210 g/mol. The second kappa shape index (κ2) is 5.53. The van der Waals surface area contributed by atoms with Crippen molar-refractivity contribution in [3.8, 4) is 0 Å². The Labute approximate surface area is 90.3 Å². The fraction of sp³-hybridized carbons (Fsp3) is 0.636. The van der Waals surface area contributed by atoms with Crippen molar-refractivity contribution < 1.29 is 9.53 Å². The molecule has 1 rings (SSSR count). The highest BCUT2D eigenvalue weighted by Crippen LogP contribution is 2.18. The molecule has 0 aromatic carbocycles. The molecule has 0 amide bonds. The Bertz CT molecular complexity index is 294. The van der Waals surface area contributed by atoms with Gasteiger partial charge in [0.2, 0.25) is 0 Å². The first kappa shape index (κ1) is 11.8. The van der Waals surface area contributed by atoms with Gasteiger partial charge in [0.1, 0.15) is 6.04 Å². The maximum absolute atomic E-state index is 11.7. The maximum atomic E-state index is 11.7. The van der Waals surface area contributed by atoms with Gasteiger partial charge in [0.05, 0.1) is 12.9 Å². The number of carbonyl (C=O) groups excluding carboxylic acids is 1. The summed E-state index contributed by atoms with van der Waals surface area (Å²) in [6.07, 6.45) is 5.90. The summed E-state index contributed by atoms with van der Waals surface area (Å²) in [6.45, 7) is 6.41. The van der Waals surface area contributed by atoms with Crippen molar-refractivity contribution in [3.63, 3.8) is 0 Å². The lowest BCUT2D eigenvalue weighted by molar-refractivity contribution is -0.147. The quantitative estimate of drug-likeness (QED) is 0.698. The number of hydrogen-bond acceptors (Lipinski definition) is 3. The summed E-state index contributed by atoms with van der Waals surface area (Å²) >= 11 is 0. The third kappa shape index (κ3) is 3.38. The fourth-order valence-electron chi connectivity index (χ4n) is 1.48. The predicted molar refractivity (Wildman–Crippen MR) is 57.4 cm³/mol. The number of aromatic nitrogens is 2. The Morgan fingerprint density at radius 3 is 2.73 bits per heavy atom. The van der Waals surface area contributed by atoms with Crippen LogP contribution in [0.4, 0.5) is 0 Å². The molecule has 0 radical (unpaired) electrons. The van der Waals surface area contributed by atoms with Crippen LogP contribution in [0, 0.1) is 5.92 Å². The van der Waals surface area contributed by atoms with Crippen LogP contribution in [0.5, 0.6) is 0 Å². The van der Waals surface area contributed by atoms with Gasteiger partial charge in [0.25, 0.3) is 0 Å². The Kier molecular flexibility index (Phi) is 4.34. The second-order valence-corrected chi connectivity index (χ2v) is 3.91. The minimum Gasteiger partial charge on any atom is -0.464 e. The molecule has 0 aliphatic rings. The van der Waals surface area contributed by atoms with E-state index >= 15 is 0 Å². The van der Waals surface area contributed by atoms with Crippen LogP contribution in [0.25, 0.3) is 0 Å². The highest BCUT2D eigenvalue weighted by Gasteiger charge is 2.22. The summed E-state index contributed by atoms with van der Waals surface area (Å²) in [6, 6.07) is -0.243. The van der Waals surface area contributed by atoms with E-state index in [-0.39, 0.29) is 12.0 Å². The van der Waals surface area contributed by atoms with Gasteiger partial charge in [-0.25, -0.2) is 9.78 Å². The van der Waals surface area contributed by atoms with Crippen molar-refractivity contribution >= 4 is 5.97 Å². The van der Waals surface area contributed by atoms with E-state index in [0.717, 1.165) is 6.42 Å². The van der Waals surface area contributed by atoms with Gasteiger partial charge in [-0.15, -0.1) is 0 Å². The minimum absolute atomic E-state index is 0.177. The molecule has 15 heavy (non-hydrogen) atoms. The van der Waals surface area contributed by atoms with E-state index in [2.05, 4.69) is 18.8 Å². The molecule has 0 bridgehead atoms. The molecule has 0 saturated heterocycles. The third-order valence-corrected chi connectivity index (χ3v) is 2.14. The first-order valence-corrected chi connectivity index (χ1v) is 5.29. The van der Waals surface area contributed by atoms with E-state index in [1.54, 1.807) is 23.3 Å². The van der Waals surface area contributed by atoms with Crippen LogP contribution in [0.3, 0.4) is 0 Å². The molecule has 1 aromatic rings. The standard InChI is InChI=1S/C11H18N2O2/c1-4-15-11(14)10(7-9(2)3)13-6-5-12-8-13/h5-6,8-10H,4,7H2,1-3H3/t10-/m1/s1. The van der Waals surface area contributed by atoms with Gasteiger partial charge >= 0.3 is 5.97 Å². The van der Waals surface area contributed by atoms with Gasteiger partial charge in [-0.1, -0.05) is 13.8 Å². The van der Waals surface area contributed by atoms with Crippen LogP contribution >= 0.6 is 0 Å². The Morgan fingerprint density at radius 1 is 1.53 bits per heavy atom. The van der Waals surface area contributed by atoms with Gasteiger partial charge in [0, 0.05) is 12.4 Å². The smallest absolute Gasteiger partial charge is 0.329 e. The lowest BCUT2D eigenvalue weighted by Gasteiger charge is -2.18. The average molecular weight is 210 g/mol. The molecule has 1 heterocycles. The Morgan fingerprint density at radius 2 is 2.27 bits per heavy atom. The number of ether oxygens (including phenoxy) is 1. The topological polar surface area (TPSA) is 44.1 Å². The molecule has 0 unspecified atom stereocenters. The van der Waals surface area contributed by atoms with Gasteiger partial charge < -0.3 is 9.30 Å². The zero-order valence-corrected chi connectivity index (χ0v) is 9.51. The lowest BCUT2D eigenvalue weighted by Crippen LogP contribution is -2.22. The van der Waals surface area contributed by atoms with E-state index in [1.807, 2.05) is 6.92 Å². The highest BCUT2D eigenvalue weighted by atomic mass is 16.5. The molecule has 0 spiro atoms. The lowest BCUT2D eigenvalue weighted by atomic mass is 10.0. The molecule has 4 heteroatoms. The van der Waals surface area contributed by atoms with Crippen molar-refractivity contribution in [1.82, 2.24) is 9.55 Å². The number of imidazole rings is 1. The van der Waals surface area contributed by atoms with Crippen LogP contribution in [0.1, 0.15) is 33.2 Å². The van der Waals surface area contributed by atoms with Crippen LogP contribution < -0.4 is 0 Å². The number of nitrogens with zero attached hydrogens (tertiary/aromatic N) is 2. The summed E-state index contributed by atoms with van der Waals surface area (Å²) in [7, 11) is 0. The van der Waals surface area contributed by atoms with Gasteiger partial charge in [-0.05, 0) is 19.3 Å². The van der Waals surface area contributed by atoms with E-state index in [1.165, 1.54) is 0 Å². The van der Waals surface area contributed by atoms with Gasteiger partial charge in [-0.3, -0.25) is 0 Å². The first-order chi connectivity index (χ1) is 7.15. The van der Waals surface area contributed by atoms with E-state index in [4.69, 9.17) is 4.74 Å². The van der Waals surface area contributed by atoms with Crippen LogP contribution in [-0.4, -0.2) is 22.1 Å². The average Bonchev–Trinajstić information content (AvgIpc) is 2.66. The van der Waals surface area contributed by atoms with Crippen LogP contribution in [0.2, 0.25) is 0 Å². The molecule has 4 nitrogen and oxygen atoms in total. The summed E-state index contributed by atoms with van der Waals surface area (Å²) < 4.78 is 6.84. The SMILES string of the molecule is CCOC(=O)[C@@H](CC(C)C)n1ccnc1. The summed E-state index contributed by atoms with van der Waals surface area (Å²) in [5, 5.41) is 0. The van der Waals surface area contributed by atoms with Crippen LogP contribution in [0.15, 0.2) is 18.7 Å². The number of esters is 1. The number of carbonyl (C=O) groups is 1. The van der Waals surface area contributed by atoms with Crippen molar-refractivity contribution in [3.05, 3.63) is 18.7 Å². The zero-order chi connectivity index (χ0) is 11.3. The second-order valence-electron chi connectivity index (χ2n) is 3.91. The Balaban J connectivity index is 2.74. The van der Waals surface area contributed by atoms with E-state index < -0.39 is 0 Å². The van der Waals surface area contributed by atoms with Crippen molar-refractivity contribution in [1.29, 1.82) is 0 Å². The number of rotatable bonds is 5. The third-order valence-electron chi connectivity index (χ3n) is 2.14. The molecule has 84 valence electrons. The summed E-state index contributed by atoms with van der Waals surface area (Å²) in [5.41, 5.74) is 0. The molecule has 0 aliphatic heterocycles. The number of hydrogen-bond donors (Lipinski definition) is 0. The van der Waals surface area contributed by atoms with Crippen molar-refractivity contribution in [2.45, 2.75) is 33.2 Å². The van der Waals surface area contributed by atoms with Gasteiger partial charge in [0.15, 0.2) is 0 Å². The molecule has 0 fully saturated rings.